The highest BCUT2D eigenvalue weighted by Crippen LogP contribution is 2.40. The Morgan fingerprint density at radius 2 is 2.00 bits per heavy atom. The molecule has 1 saturated heterocycles. The molecule has 2 fully saturated rings. The van der Waals surface area contributed by atoms with Gasteiger partial charge in [0.15, 0.2) is 5.11 Å². The molecule has 25 heavy (non-hydrogen) atoms. The minimum absolute atomic E-state index is 0.103. The molecular weight excluding hydrogens is 328 g/mol. The molecular formula is C20H26N4S. The van der Waals surface area contributed by atoms with E-state index in [1.54, 1.807) is 0 Å². The minimum atomic E-state index is 0.103. The Hall–Kier alpha value is -1.88. The first kappa shape index (κ1) is 16.6. The van der Waals surface area contributed by atoms with Crippen LogP contribution in [0.4, 0.5) is 0 Å². The summed E-state index contributed by atoms with van der Waals surface area (Å²) in [7, 11) is 0. The molecule has 1 aliphatic heterocycles. The molecule has 0 aromatic carbocycles. The predicted octanol–water partition coefficient (Wildman–Crippen LogP) is 4.38. The normalized spacial score (nSPS) is 24.5. The van der Waals surface area contributed by atoms with Crippen molar-refractivity contribution in [3.8, 4) is 0 Å². The van der Waals surface area contributed by atoms with Crippen molar-refractivity contribution in [2.45, 2.75) is 57.2 Å². The van der Waals surface area contributed by atoms with Crippen molar-refractivity contribution in [2.75, 3.05) is 6.54 Å². The van der Waals surface area contributed by atoms with Crippen molar-refractivity contribution >= 4 is 17.3 Å². The summed E-state index contributed by atoms with van der Waals surface area (Å²) in [5, 5.41) is 4.35. The maximum absolute atomic E-state index is 5.65. The quantitative estimate of drug-likeness (QED) is 0.826. The van der Waals surface area contributed by atoms with Gasteiger partial charge in [-0.15, -0.1) is 0 Å². The lowest BCUT2D eigenvalue weighted by molar-refractivity contribution is 0.287. The summed E-state index contributed by atoms with van der Waals surface area (Å²) in [6.45, 7) is 3.07. The third-order valence-electron chi connectivity index (χ3n) is 5.62. The van der Waals surface area contributed by atoms with E-state index in [1.165, 1.54) is 37.8 Å². The molecule has 0 amide bonds. The van der Waals surface area contributed by atoms with Crippen LogP contribution in [0.2, 0.25) is 0 Å². The van der Waals surface area contributed by atoms with E-state index >= 15 is 0 Å². The topological polar surface area (TPSA) is 33.1 Å². The molecule has 2 aromatic heterocycles. The molecule has 2 aliphatic rings. The first-order chi connectivity index (χ1) is 12.3. The monoisotopic (exact) mass is 354 g/mol. The summed E-state index contributed by atoms with van der Waals surface area (Å²) in [4.78, 5) is 6.92. The maximum atomic E-state index is 5.65. The maximum Gasteiger partial charge on any atom is 0.170 e. The highest BCUT2D eigenvalue weighted by Gasteiger charge is 2.40. The second-order valence-electron chi connectivity index (χ2n) is 7.04. The Bertz CT molecular complexity index is 720. The van der Waals surface area contributed by atoms with E-state index in [-0.39, 0.29) is 12.1 Å². The molecule has 132 valence electrons. The zero-order valence-corrected chi connectivity index (χ0v) is 15.6. The Morgan fingerprint density at radius 1 is 1.16 bits per heavy atom. The fraction of sp³-hybridized carbons (Fsp3) is 0.500. The molecule has 5 heteroatoms. The van der Waals surface area contributed by atoms with Crippen molar-refractivity contribution in [2.24, 2.45) is 0 Å². The van der Waals surface area contributed by atoms with Crippen molar-refractivity contribution in [3.05, 3.63) is 54.1 Å². The first-order valence-corrected chi connectivity index (χ1v) is 9.85. The van der Waals surface area contributed by atoms with E-state index in [1.807, 2.05) is 12.3 Å². The average Bonchev–Trinajstić information content (AvgIpc) is 3.27. The summed E-state index contributed by atoms with van der Waals surface area (Å²) in [6, 6.07) is 11.5. The number of hydrogen-bond acceptors (Lipinski definition) is 2. The molecule has 0 unspecified atom stereocenters. The standard InChI is InChI=1S/C20H26N4S/c1-2-23-19(18(22-20(23)25)16-11-6-7-13-21-16)17-12-8-14-24(17)15-9-4-3-5-10-15/h6-8,11-15,18-19H,2-5,9-10H2,1H3,(H,22,25)/t18-,19-/m0/s1. The molecule has 2 atom stereocenters. The van der Waals surface area contributed by atoms with Gasteiger partial charge in [0.2, 0.25) is 0 Å². The van der Waals surface area contributed by atoms with E-state index in [2.05, 4.69) is 57.2 Å². The van der Waals surface area contributed by atoms with Gasteiger partial charge in [-0.3, -0.25) is 4.98 Å². The van der Waals surface area contributed by atoms with Crippen molar-refractivity contribution in [3.63, 3.8) is 0 Å². The Balaban J connectivity index is 1.73. The van der Waals surface area contributed by atoms with Crippen LogP contribution in [0.3, 0.4) is 0 Å². The van der Waals surface area contributed by atoms with Gasteiger partial charge in [0, 0.05) is 30.7 Å². The first-order valence-electron chi connectivity index (χ1n) is 9.44. The Kier molecular flexibility index (Phi) is 4.75. The number of hydrogen-bond donors (Lipinski definition) is 1. The van der Waals surface area contributed by atoms with Crippen LogP contribution in [-0.2, 0) is 0 Å². The molecule has 0 spiro atoms. The van der Waals surface area contributed by atoms with E-state index in [9.17, 15) is 0 Å². The van der Waals surface area contributed by atoms with Gasteiger partial charge in [0.25, 0.3) is 0 Å². The van der Waals surface area contributed by atoms with Crippen LogP contribution in [0, 0.1) is 0 Å². The molecule has 4 nitrogen and oxygen atoms in total. The van der Waals surface area contributed by atoms with Crippen LogP contribution >= 0.6 is 12.2 Å². The number of thiocarbonyl (C=S) groups is 1. The molecule has 4 rings (SSSR count). The summed E-state index contributed by atoms with van der Waals surface area (Å²) in [5.74, 6) is 0. The second-order valence-corrected chi connectivity index (χ2v) is 7.43. The average molecular weight is 355 g/mol. The van der Waals surface area contributed by atoms with E-state index in [0.717, 1.165) is 17.4 Å². The third kappa shape index (κ3) is 3.06. The molecule has 0 radical (unpaired) electrons. The zero-order chi connectivity index (χ0) is 17.2. The highest BCUT2D eigenvalue weighted by atomic mass is 32.1. The van der Waals surface area contributed by atoms with Crippen LogP contribution in [0.1, 0.15) is 68.5 Å². The fourth-order valence-electron chi connectivity index (χ4n) is 4.42. The lowest BCUT2D eigenvalue weighted by Gasteiger charge is -2.32. The van der Waals surface area contributed by atoms with Crippen molar-refractivity contribution in [1.82, 2.24) is 19.8 Å². The van der Waals surface area contributed by atoms with E-state index in [4.69, 9.17) is 12.2 Å². The Labute approximate surface area is 155 Å². The van der Waals surface area contributed by atoms with Gasteiger partial charge >= 0.3 is 0 Å². The van der Waals surface area contributed by atoms with Crippen LogP contribution in [0.15, 0.2) is 42.7 Å². The number of pyridine rings is 1. The predicted molar refractivity (Wildman–Crippen MR) is 104 cm³/mol. The van der Waals surface area contributed by atoms with E-state index in [0.29, 0.717) is 6.04 Å². The summed E-state index contributed by atoms with van der Waals surface area (Å²) in [6.07, 6.45) is 10.7. The summed E-state index contributed by atoms with van der Waals surface area (Å²) < 4.78 is 2.51. The smallest absolute Gasteiger partial charge is 0.170 e. The fourth-order valence-corrected chi connectivity index (χ4v) is 4.79. The number of aromatic nitrogens is 2. The largest absolute Gasteiger partial charge is 0.352 e. The van der Waals surface area contributed by atoms with Gasteiger partial charge in [-0.1, -0.05) is 25.3 Å². The van der Waals surface area contributed by atoms with Gasteiger partial charge < -0.3 is 14.8 Å². The van der Waals surface area contributed by atoms with E-state index < -0.39 is 0 Å². The number of nitrogens with zero attached hydrogens (tertiary/aromatic N) is 3. The van der Waals surface area contributed by atoms with Gasteiger partial charge in [-0.2, -0.15) is 0 Å². The molecule has 3 heterocycles. The molecule has 1 N–H and O–H groups in total. The highest BCUT2D eigenvalue weighted by molar-refractivity contribution is 7.80. The molecule has 0 bridgehead atoms. The van der Waals surface area contributed by atoms with Gasteiger partial charge in [0.05, 0.1) is 17.8 Å². The zero-order valence-electron chi connectivity index (χ0n) is 14.8. The lowest BCUT2D eigenvalue weighted by atomic mass is 9.94. The summed E-state index contributed by atoms with van der Waals surface area (Å²) in [5.41, 5.74) is 2.42. The minimum Gasteiger partial charge on any atom is -0.352 e. The Morgan fingerprint density at radius 3 is 2.72 bits per heavy atom. The van der Waals surface area contributed by atoms with Crippen molar-refractivity contribution in [1.29, 1.82) is 0 Å². The molecule has 2 aromatic rings. The van der Waals surface area contributed by atoms with Gasteiger partial charge in [-0.25, -0.2) is 0 Å². The lowest BCUT2D eigenvalue weighted by Crippen LogP contribution is -2.30. The van der Waals surface area contributed by atoms with Crippen molar-refractivity contribution < 1.29 is 0 Å². The van der Waals surface area contributed by atoms with Crippen LogP contribution in [0.25, 0.3) is 0 Å². The second kappa shape index (κ2) is 7.16. The molecule has 1 aliphatic carbocycles. The SMILES string of the molecule is CCN1C(=S)N[C@@H](c2ccccn2)[C@@H]1c1cccn1C1CCCCC1. The van der Waals surface area contributed by atoms with Gasteiger partial charge in [-0.05, 0) is 56.2 Å². The summed E-state index contributed by atoms with van der Waals surface area (Å²) >= 11 is 5.65. The number of nitrogens with one attached hydrogen (secondary N) is 1. The molecule has 1 saturated carbocycles. The van der Waals surface area contributed by atoms with Gasteiger partial charge in [0.1, 0.15) is 0 Å². The number of likely N-dealkylation sites (N-methyl/N-ethyl adjacent to an activating group) is 1. The van der Waals surface area contributed by atoms with Crippen LogP contribution in [0.5, 0.6) is 0 Å². The van der Waals surface area contributed by atoms with Crippen LogP contribution < -0.4 is 5.32 Å². The van der Waals surface area contributed by atoms with Crippen LogP contribution in [-0.4, -0.2) is 26.1 Å². The third-order valence-corrected chi connectivity index (χ3v) is 5.97. The number of rotatable bonds is 4.